The minimum atomic E-state index is -0.139. The van der Waals surface area contributed by atoms with Gasteiger partial charge >= 0.3 is 0 Å². The average molecular weight is 357 g/mol. The molecule has 5 nitrogen and oxygen atoms in total. The molecule has 3 aliphatic heterocycles. The quantitative estimate of drug-likeness (QED) is 0.832. The van der Waals surface area contributed by atoms with Gasteiger partial charge in [0.25, 0.3) is 11.5 Å². The van der Waals surface area contributed by atoms with Crippen molar-refractivity contribution in [2.75, 3.05) is 26.2 Å². The van der Waals surface area contributed by atoms with Crippen molar-refractivity contribution in [2.45, 2.75) is 58.5 Å². The van der Waals surface area contributed by atoms with Gasteiger partial charge in [-0.2, -0.15) is 0 Å². The van der Waals surface area contributed by atoms with Crippen molar-refractivity contribution in [3.63, 3.8) is 0 Å². The predicted molar refractivity (Wildman–Crippen MR) is 102 cm³/mol. The Bertz CT molecular complexity index is 737. The molecule has 1 aromatic heterocycles. The zero-order valence-electron chi connectivity index (χ0n) is 16.1. The summed E-state index contributed by atoms with van der Waals surface area (Å²) in [5.74, 6) is 1.35. The predicted octanol–water partition coefficient (Wildman–Crippen LogP) is 2.51. The molecule has 142 valence electrons. The molecule has 1 saturated carbocycles. The number of aryl methyl sites for hydroxylation is 1. The van der Waals surface area contributed by atoms with E-state index in [1.54, 1.807) is 10.6 Å². The fourth-order valence-electron chi connectivity index (χ4n) is 4.97. The number of carbonyl (C=O) groups excluding carboxylic acids is 1. The number of carbonyl (C=O) groups is 1. The van der Waals surface area contributed by atoms with Gasteiger partial charge in [0.05, 0.1) is 0 Å². The maximum absolute atomic E-state index is 13.2. The first-order valence-corrected chi connectivity index (χ1v) is 10.3. The van der Waals surface area contributed by atoms with Gasteiger partial charge < -0.3 is 9.47 Å². The molecule has 3 saturated heterocycles. The number of hydrogen-bond acceptors (Lipinski definition) is 3. The average Bonchev–Trinajstić information content (AvgIpc) is 2.90. The van der Waals surface area contributed by atoms with Gasteiger partial charge in [-0.05, 0) is 63.5 Å². The number of aromatic nitrogens is 1. The van der Waals surface area contributed by atoms with Crippen LogP contribution in [0.15, 0.2) is 16.9 Å². The highest BCUT2D eigenvalue weighted by atomic mass is 16.2. The third-order valence-corrected chi connectivity index (χ3v) is 6.77. The van der Waals surface area contributed by atoms with E-state index in [0.717, 1.165) is 31.2 Å². The first-order chi connectivity index (χ1) is 12.6. The molecule has 5 rings (SSSR count). The summed E-state index contributed by atoms with van der Waals surface area (Å²) >= 11 is 0. The summed E-state index contributed by atoms with van der Waals surface area (Å²) in [7, 11) is 0. The Morgan fingerprint density at radius 1 is 1.12 bits per heavy atom. The number of hydrogen-bond donors (Lipinski definition) is 0. The summed E-state index contributed by atoms with van der Waals surface area (Å²) in [5, 5.41) is 0. The second-order valence-corrected chi connectivity index (χ2v) is 8.50. The van der Waals surface area contributed by atoms with E-state index in [2.05, 4.69) is 4.90 Å². The monoisotopic (exact) mass is 357 g/mol. The van der Waals surface area contributed by atoms with Crippen LogP contribution in [0.1, 0.15) is 55.1 Å². The van der Waals surface area contributed by atoms with E-state index in [1.807, 2.05) is 24.8 Å². The van der Waals surface area contributed by atoms with Crippen LogP contribution in [0.5, 0.6) is 0 Å². The van der Waals surface area contributed by atoms with Crippen LogP contribution >= 0.6 is 0 Å². The Morgan fingerprint density at radius 3 is 2.62 bits per heavy atom. The van der Waals surface area contributed by atoms with Crippen molar-refractivity contribution in [2.24, 2.45) is 11.8 Å². The summed E-state index contributed by atoms with van der Waals surface area (Å²) in [6.45, 7) is 8.38. The number of fused-ring (bicyclic) bond motifs is 4. The van der Waals surface area contributed by atoms with E-state index in [0.29, 0.717) is 24.1 Å². The van der Waals surface area contributed by atoms with Crippen LogP contribution in [0.2, 0.25) is 0 Å². The smallest absolute Gasteiger partial charge is 0.263 e. The molecule has 1 aliphatic carbocycles. The van der Waals surface area contributed by atoms with Gasteiger partial charge in [-0.15, -0.1) is 0 Å². The molecule has 2 bridgehead atoms. The highest BCUT2D eigenvalue weighted by Gasteiger charge is 2.38. The normalized spacial score (nSPS) is 26.6. The number of nitrogens with zero attached hydrogens (tertiary/aromatic N) is 3. The first-order valence-electron chi connectivity index (χ1n) is 10.3. The van der Waals surface area contributed by atoms with Crippen molar-refractivity contribution in [3.05, 3.63) is 33.7 Å². The van der Waals surface area contributed by atoms with Gasteiger partial charge in [-0.25, -0.2) is 0 Å². The summed E-state index contributed by atoms with van der Waals surface area (Å²) in [5.41, 5.74) is 1.11. The molecule has 5 heteroatoms. The minimum Gasteiger partial charge on any atom is -0.337 e. The lowest BCUT2D eigenvalue weighted by atomic mass is 9.83. The number of piperidine rings is 1. The summed E-state index contributed by atoms with van der Waals surface area (Å²) < 4.78 is 1.70. The number of rotatable bonds is 4. The molecule has 0 radical (unpaired) electrons. The minimum absolute atomic E-state index is 0.0698. The van der Waals surface area contributed by atoms with Gasteiger partial charge in [-0.3, -0.25) is 14.5 Å². The molecule has 0 aromatic carbocycles. The molecule has 4 aliphatic rings. The molecule has 1 amide bonds. The van der Waals surface area contributed by atoms with E-state index in [9.17, 15) is 9.59 Å². The fraction of sp³-hybridized carbons (Fsp3) is 0.714. The van der Waals surface area contributed by atoms with Crippen LogP contribution in [0.4, 0.5) is 0 Å². The second kappa shape index (κ2) is 7.18. The molecular weight excluding hydrogens is 326 g/mol. The third-order valence-electron chi connectivity index (χ3n) is 6.77. The van der Waals surface area contributed by atoms with Gasteiger partial charge in [0.1, 0.15) is 5.56 Å². The molecule has 2 atom stereocenters. The Hall–Kier alpha value is -1.62. The number of pyridine rings is 1. The largest absolute Gasteiger partial charge is 0.337 e. The van der Waals surface area contributed by atoms with Gasteiger partial charge in [-0.1, -0.05) is 6.42 Å². The van der Waals surface area contributed by atoms with Crippen LogP contribution in [-0.4, -0.2) is 52.5 Å². The SMILES string of the molecule is CCn1c(C)ccc(C(=O)N2C[C@H]3CC[C@@H](C2)N(CC2CCC2)C3)c1=O. The highest BCUT2D eigenvalue weighted by Crippen LogP contribution is 2.33. The van der Waals surface area contributed by atoms with E-state index < -0.39 is 0 Å². The fourth-order valence-corrected chi connectivity index (χ4v) is 4.97. The van der Waals surface area contributed by atoms with E-state index in [1.165, 1.54) is 38.6 Å². The molecule has 26 heavy (non-hydrogen) atoms. The number of amides is 1. The molecule has 0 N–H and O–H groups in total. The Labute approximate surface area is 156 Å². The third kappa shape index (κ3) is 3.22. The topological polar surface area (TPSA) is 45.6 Å². The summed E-state index contributed by atoms with van der Waals surface area (Å²) in [4.78, 5) is 30.5. The molecular formula is C21H31N3O2. The van der Waals surface area contributed by atoms with Crippen molar-refractivity contribution in [1.82, 2.24) is 14.4 Å². The molecule has 0 spiro atoms. The van der Waals surface area contributed by atoms with E-state index in [-0.39, 0.29) is 11.5 Å². The zero-order chi connectivity index (χ0) is 18.3. The van der Waals surface area contributed by atoms with Crippen molar-refractivity contribution >= 4 is 5.91 Å². The van der Waals surface area contributed by atoms with E-state index >= 15 is 0 Å². The van der Waals surface area contributed by atoms with Crippen LogP contribution in [0, 0.1) is 18.8 Å². The van der Waals surface area contributed by atoms with Crippen molar-refractivity contribution < 1.29 is 4.79 Å². The van der Waals surface area contributed by atoms with Gasteiger partial charge in [0.2, 0.25) is 0 Å². The summed E-state index contributed by atoms with van der Waals surface area (Å²) in [6.07, 6.45) is 6.53. The molecule has 4 fully saturated rings. The second-order valence-electron chi connectivity index (χ2n) is 8.50. The lowest BCUT2D eigenvalue weighted by Crippen LogP contribution is -2.47. The lowest BCUT2D eigenvalue weighted by molar-refractivity contribution is 0.0715. The zero-order valence-corrected chi connectivity index (χ0v) is 16.1. The van der Waals surface area contributed by atoms with Gasteiger partial charge in [0, 0.05) is 44.5 Å². The first kappa shape index (κ1) is 17.8. The van der Waals surface area contributed by atoms with Crippen molar-refractivity contribution in [3.8, 4) is 0 Å². The standard InChI is InChI=1S/C21H31N3O2/c1-3-24-15(2)7-10-19(21(24)26)20(25)23-13-17-8-9-18(14-23)22(12-17)11-16-5-4-6-16/h7,10,16-18H,3-6,8-9,11-14H2,1-2H3/t17-,18-/m0/s1. The van der Waals surface area contributed by atoms with E-state index in [4.69, 9.17) is 0 Å². The molecule has 0 unspecified atom stereocenters. The Morgan fingerprint density at radius 2 is 1.92 bits per heavy atom. The maximum atomic E-state index is 13.2. The van der Waals surface area contributed by atoms with Crippen LogP contribution in [0.3, 0.4) is 0 Å². The van der Waals surface area contributed by atoms with Crippen LogP contribution in [0.25, 0.3) is 0 Å². The van der Waals surface area contributed by atoms with Crippen molar-refractivity contribution in [1.29, 1.82) is 0 Å². The molecule has 1 aromatic rings. The van der Waals surface area contributed by atoms with Crippen LogP contribution in [-0.2, 0) is 6.54 Å². The maximum Gasteiger partial charge on any atom is 0.263 e. The Kier molecular flexibility index (Phi) is 4.91. The molecule has 4 heterocycles. The summed E-state index contributed by atoms with van der Waals surface area (Å²) in [6, 6.07) is 4.09. The van der Waals surface area contributed by atoms with Gasteiger partial charge in [0.15, 0.2) is 0 Å². The highest BCUT2D eigenvalue weighted by molar-refractivity contribution is 5.94. The Balaban J connectivity index is 1.53. The lowest BCUT2D eigenvalue weighted by Gasteiger charge is -2.40. The van der Waals surface area contributed by atoms with Crippen LogP contribution < -0.4 is 5.56 Å².